The van der Waals surface area contributed by atoms with Gasteiger partial charge < -0.3 is 9.88 Å². The van der Waals surface area contributed by atoms with E-state index in [1.54, 1.807) is 26.0 Å². The molecule has 5 nitrogen and oxygen atoms in total. The predicted molar refractivity (Wildman–Crippen MR) is 84.3 cm³/mol. The third kappa shape index (κ3) is 4.71. The maximum Gasteiger partial charge on any atom is 0.451 e. The lowest BCUT2D eigenvalue weighted by Gasteiger charge is -2.17. The van der Waals surface area contributed by atoms with E-state index in [1.807, 2.05) is 0 Å². The Bertz CT molecular complexity index is 745. The lowest BCUT2D eigenvalue weighted by Crippen LogP contribution is -2.33. The number of halogens is 4. The molecule has 0 aliphatic carbocycles. The van der Waals surface area contributed by atoms with E-state index in [2.05, 4.69) is 15.5 Å². The fourth-order valence-electron chi connectivity index (χ4n) is 2.04. The van der Waals surface area contributed by atoms with Gasteiger partial charge in [-0.15, -0.1) is 10.2 Å². The van der Waals surface area contributed by atoms with Gasteiger partial charge in [0.1, 0.15) is 5.82 Å². The van der Waals surface area contributed by atoms with Gasteiger partial charge >= 0.3 is 6.18 Å². The van der Waals surface area contributed by atoms with Crippen molar-refractivity contribution < 1.29 is 22.4 Å². The fraction of sp³-hybridized carbons (Fsp3) is 0.400. The van der Waals surface area contributed by atoms with Crippen LogP contribution < -0.4 is 5.32 Å². The lowest BCUT2D eigenvalue weighted by molar-refractivity contribution is -0.147. The summed E-state index contributed by atoms with van der Waals surface area (Å²) in [6, 6.07) is 5.30. The van der Waals surface area contributed by atoms with E-state index in [0.29, 0.717) is 5.56 Å². The molecule has 1 amide bonds. The first-order valence-corrected chi connectivity index (χ1v) is 8.16. The highest BCUT2D eigenvalue weighted by molar-refractivity contribution is 8.00. The first-order chi connectivity index (χ1) is 11.6. The SMILES string of the molecule is C[C@H](Sc1nnc(C(F)(F)F)n1C)C(=O)N[C@@H](C)c1ccc(F)cc1. The Kier molecular flexibility index (Phi) is 5.71. The van der Waals surface area contributed by atoms with Crippen LogP contribution >= 0.6 is 11.8 Å². The largest absolute Gasteiger partial charge is 0.451 e. The quantitative estimate of drug-likeness (QED) is 0.642. The molecule has 25 heavy (non-hydrogen) atoms. The molecule has 2 atom stereocenters. The molecule has 0 radical (unpaired) electrons. The number of hydrogen-bond donors (Lipinski definition) is 1. The average molecular weight is 376 g/mol. The molecule has 2 rings (SSSR count). The third-order valence-corrected chi connectivity index (χ3v) is 4.60. The minimum absolute atomic E-state index is 0.00981. The Hall–Kier alpha value is -2.10. The van der Waals surface area contributed by atoms with E-state index in [1.165, 1.54) is 19.2 Å². The van der Waals surface area contributed by atoms with Crippen LogP contribution in [0.1, 0.15) is 31.3 Å². The number of carbonyl (C=O) groups is 1. The molecule has 10 heteroatoms. The second kappa shape index (κ2) is 7.42. The van der Waals surface area contributed by atoms with Gasteiger partial charge in [0.05, 0.1) is 11.3 Å². The highest BCUT2D eigenvalue weighted by Gasteiger charge is 2.38. The molecule has 0 fully saturated rings. The van der Waals surface area contributed by atoms with E-state index in [-0.39, 0.29) is 22.9 Å². The van der Waals surface area contributed by atoms with Crippen molar-refractivity contribution >= 4 is 17.7 Å². The van der Waals surface area contributed by atoms with Crippen molar-refractivity contribution in [3.8, 4) is 0 Å². The molecule has 1 aromatic heterocycles. The number of aromatic nitrogens is 3. The molecule has 0 spiro atoms. The monoisotopic (exact) mass is 376 g/mol. The zero-order valence-corrected chi connectivity index (χ0v) is 14.5. The smallest absolute Gasteiger partial charge is 0.349 e. The lowest BCUT2D eigenvalue weighted by atomic mass is 10.1. The molecule has 0 aliphatic rings. The van der Waals surface area contributed by atoms with E-state index in [4.69, 9.17) is 0 Å². The summed E-state index contributed by atoms with van der Waals surface area (Å²) in [4.78, 5) is 12.2. The summed E-state index contributed by atoms with van der Waals surface area (Å²) >= 11 is 0.872. The van der Waals surface area contributed by atoms with Crippen molar-refractivity contribution in [2.45, 2.75) is 36.5 Å². The van der Waals surface area contributed by atoms with Gasteiger partial charge in [0, 0.05) is 7.05 Å². The molecule has 0 saturated heterocycles. The van der Waals surface area contributed by atoms with Crippen molar-refractivity contribution in [3.05, 3.63) is 41.5 Å². The van der Waals surface area contributed by atoms with Crippen molar-refractivity contribution in [2.75, 3.05) is 0 Å². The number of nitrogens with zero attached hydrogens (tertiary/aromatic N) is 3. The Morgan fingerprint density at radius 1 is 1.20 bits per heavy atom. The van der Waals surface area contributed by atoms with Gasteiger partial charge in [-0.3, -0.25) is 4.79 Å². The molecular weight excluding hydrogens is 360 g/mol. The van der Waals surface area contributed by atoms with Gasteiger partial charge in [-0.05, 0) is 31.5 Å². The third-order valence-electron chi connectivity index (χ3n) is 3.47. The Morgan fingerprint density at radius 3 is 2.32 bits per heavy atom. The summed E-state index contributed by atoms with van der Waals surface area (Å²) in [5.74, 6) is -1.88. The van der Waals surface area contributed by atoms with Gasteiger partial charge in [0.25, 0.3) is 0 Å². The highest BCUT2D eigenvalue weighted by Crippen LogP contribution is 2.30. The van der Waals surface area contributed by atoms with Crippen LogP contribution in [0.3, 0.4) is 0 Å². The standard InChI is InChI=1S/C15H16F4N4OS/c1-8(10-4-6-11(16)7-5-10)20-12(24)9(2)25-14-22-21-13(23(14)3)15(17,18)19/h4-9H,1-3H3,(H,20,24)/t8-,9-/m0/s1. The van der Waals surface area contributed by atoms with Crippen LogP contribution in [-0.4, -0.2) is 25.9 Å². The molecule has 1 heterocycles. The van der Waals surface area contributed by atoms with Crippen molar-refractivity contribution in [1.29, 1.82) is 0 Å². The van der Waals surface area contributed by atoms with E-state index in [0.717, 1.165) is 16.3 Å². The van der Waals surface area contributed by atoms with Gasteiger partial charge in [-0.2, -0.15) is 13.2 Å². The maximum absolute atomic E-state index is 12.9. The summed E-state index contributed by atoms with van der Waals surface area (Å²) in [5.41, 5.74) is 0.713. The van der Waals surface area contributed by atoms with Crippen LogP contribution in [0, 0.1) is 5.82 Å². The second-order valence-corrected chi connectivity index (χ2v) is 6.71. The van der Waals surface area contributed by atoms with Crippen LogP contribution in [-0.2, 0) is 18.0 Å². The van der Waals surface area contributed by atoms with Gasteiger partial charge in [-0.25, -0.2) is 4.39 Å². The summed E-state index contributed by atoms with van der Waals surface area (Å²) in [7, 11) is 1.19. The molecule has 1 aromatic carbocycles. The summed E-state index contributed by atoms with van der Waals surface area (Å²) in [6.45, 7) is 3.28. The summed E-state index contributed by atoms with van der Waals surface area (Å²) in [5, 5.41) is 8.63. The van der Waals surface area contributed by atoms with Crippen molar-refractivity contribution in [1.82, 2.24) is 20.1 Å². The summed E-state index contributed by atoms with van der Waals surface area (Å²) < 4.78 is 51.8. The Labute approximate surface area is 145 Å². The Morgan fingerprint density at radius 2 is 1.80 bits per heavy atom. The Balaban J connectivity index is 2.01. The average Bonchev–Trinajstić information content (AvgIpc) is 2.88. The highest BCUT2D eigenvalue weighted by atomic mass is 32.2. The minimum atomic E-state index is -4.61. The number of thioether (sulfide) groups is 1. The number of nitrogens with one attached hydrogen (secondary N) is 1. The number of carbonyl (C=O) groups excluding carboxylic acids is 1. The number of benzene rings is 1. The fourth-order valence-corrected chi connectivity index (χ4v) is 2.87. The number of alkyl halides is 3. The number of hydrogen-bond acceptors (Lipinski definition) is 4. The van der Waals surface area contributed by atoms with Gasteiger partial charge in [0.15, 0.2) is 5.16 Å². The van der Waals surface area contributed by atoms with Crippen LogP contribution in [0.4, 0.5) is 17.6 Å². The van der Waals surface area contributed by atoms with Crippen LogP contribution in [0.2, 0.25) is 0 Å². The number of amides is 1. The molecular formula is C15H16F4N4OS. The summed E-state index contributed by atoms with van der Waals surface area (Å²) in [6.07, 6.45) is -4.61. The maximum atomic E-state index is 12.9. The zero-order chi connectivity index (χ0) is 18.8. The van der Waals surface area contributed by atoms with Gasteiger partial charge in [-0.1, -0.05) is 23.9 Å². The van der Waals surface area contributed by atoms with E-state index in [9.17, 15) is 22.4 Å². The van der Waals surface area contributed by atoms with E-state index >= 15 is 0 Å². The first-order valence-electron chi connectivity index (χ1n) is 7.28. The molecule has 0 aliphatic heterocycles. The predicted octanol–water partition coefficient (Wildman–Crippen LogP) is 3.33. The molecule has 2 aromatic rings. The zero-order valence-electron chi connectivity index (χ0n) is 13.6. The molecule has 0 unspecified atom stereocenters. The van der Waals surface area contributed by atoms with Crippen LogP contribution in [0.15, 0.2) is 29.4 Å². The van der Waals surface area contributed by atoms with Crippen LogP contribution in [0.5, 0.6) is 0 Å². The van der Waals surface area contributed by atoms with Gasteiger partial charge in [0.2, 0.25) is 11.7 Å². The molecule has 0 bridgehead atoms. The van der Waals surface area contributed by atoms with E-state index < -0.39 is 17.3 Å². The first kappa shape index (κ1) is 19.2. The van der Waals surface area contributed by atoms with Crippen LogP contribution in [0.25, 0.3) is 0 Å². The normalized spacial score (nSPS) is 14.2. The second-order valence-electron chi connectivity index (χ2n) is 5.40. The number of rotatable bonds is 5. The topological polar surface area (TPSA) is 59.8 Å². The molecule has 0 saturated carbocycles. The molecule has 136 valence electrons. The van der Waals surface area contributed by atoms with Crippen molar-refractivity contribution in [3.63, 3.8) is 0 Å². The molecule has 1 N–H and O–H groups in total. The van der Waals surface area contributed by atoms with Crippen molar-refractivity contribution in [2.24, 2.45) is 7.05 Å². The minimum Gasteiger partial charge on any atom is -0.349 e.